The van der Waals surface area contributed by atoms with Crippen molar-refractivity contribution in [3.8, 4) is 0 Å². The topological polar surface area (TPSA) is 87.7 Å². The van der Waals surface area contributed by atoms with Gasteiger partial charge in [0.25, 0.3) is 0 Å². The van der Waals surface area contributed by atoms with Gasteiger partial charge in [0, 0.05) is 19.1 Å². The predicted molar refractivity (Wildman–Crippen MR) is 98.2 cm³/mol. The molecule has 1 aromatic carbocycles. The second kappa shape index (κ2) is 8.88. The fourth-order valence-electron chi connectivity index (χ4n) is 3.59. The third kappa shape index (κ3) is 5.61. The van der Waals surface area contributed by atoms with Gasteiger partial charge in [-0.3, -0.25) is 4.84 Å². The summed E-state index contributed by atoms with van der Waals surface area (Å²) in [7, 11) is -4.09. The van der Waals surface area contributed by atoms with E-state index in [9.17, 15) is 26.4 Å². The molecule has 1 aromatic rings. The monoisotopic (exact) mass is 435 g/mol. The number of nitrogens with zero attached hydrogens (tertiary/aromatic N) is 1. The number of carbonyl (C=O) groups excluding carboxylic acids is 1. The molecule has 3 rings (SSSR count). The summed E-state index contributed by atoms with van der Waals surface area (Å²) in [6.07, 6.45) is 0.245. The quantitative estimate of drug-likeness (QED) is 0.696. The highest BCUT2D eigenvalue weighted by molar-refractivity contribution is 7.89. The van der Waals surface area contributed by atoms with E-state index in [1.165, 1.54) is 0 Å². The zero-order chi connectivity index (χ0) is 21.1. The molecule has 11 heteroatoms. The normalized spacial score (nSPS) is 21.8. The first-order valence-corrected chi connectivity index (χ1v) is 11.0. The molecule has 2 amide bonds. The van der Waals surface area contributed by atoms with Gasteiger partial charge in [0.05, 0.1) is 10.5 Å². The zero-order valence-electron chi connectivity index (χ0n) is 15.7. The lowest BCUT2D eigenvalue weighted by Crippen LogP contribution is -2.44. The summed E-state index contributed by atoms with van der Waals surface area (Å²) in [6.45, 7) is 0.0391. The van der Waals surface area contributed by atoms with Crippen molar-refractivity contribution < 1.29 is 31.2 Å². The Morgan fingerprint density at radius 3 is 2.55 bits per heavy atom. The molecule has 1 aliphatic heterocycles. The second-order valence-corrected chi connectivity index (χ2v) is 9.27. The first-order chi connectivity index (χ1) is 13.7. The van der Waals surface area contributed by atoms with Gasteiger partial charge in [0.2, 0.25) is 10.0 Å². The maximum Gasteiger partial charge on any atom is 0.416 e. The smallest absolute Gasteiger partial charge is 0.334 e. The van der Waals surface area contributed by atoms with Crippen LogP contribution in [0.5, 0.6) is 0 Å². The van der Waals surface area contributed by atoms with E-state index in [1.54, 1.807) is 0 Å². The van der Waals surface area contributed by atoms with Crippen LogP contribution in [0.15, 0.2) is 29.2 Å². The number of urea groups is 1. The summed E-state index contributed by atoms with van der Waals surface area (Å²) < 4.78 is 65.0. The molecule has 1 heterocycles. The van der Waals surface area contributed by atoms with E-state index < -0.39 is 38.8 Å². The molecule has 2 fully saturated rings. The van der Waals surface area contributed by atoms with Crippen molar-refractivity contribution in [3.63, 3.8) is 0 Å². The average Bonchev–Trinajstić information content (AvgIpc) is 3.17. The molecular weight excluding hydrogens is 411 g/mol. The van der Waals surface area contributed by atoms with Gasteiger partial charge in [0.1, 0.15) is 6.10 Å². The number of hydrogen-bond acceptors (Lipinski definition) is 4. The van der Waals surface area contributed by atoms with Gasteiger partial charge in [0.15, 0.2) is 0 Å². The van der Waals surface area contributed by atoms with Crippen LogP contribution in [0.2, 0.25) is 0 Å². The summed E-state index contributed by atoms with van der Waals surface area (Å²) in [5, 5.41) is 2.82. The minimum absolute atomic E-state index is 0.0533. The van der Waals surface area contributed by atoms with Crippen molar-refractivity contribution in [2.45, 2.75) is 61.7 Å². The summed E-state index contributed by atoms with van der Waals surface area (Å²) in [6, 6.07) is 3.28. The van der Waals surface area contributed by atoms with Gasteiger partial charge in [-0.1, -0.05) is 25.3 Å². The van der Waals surface area contributed by atoms with Crippen molar-refractivity contribution in [2.75, 3.05) is 13.1 Å². The van der Waals surface area contributed by atoms with Crippen LogP contribution in [0.1, 0.15) is 44.1 Å². The number of nitrogens with one attached hydrogen (secondary N) is 2. The third-order valence-electron chi connectivity index (χ3n) is 5.17. The van der Waals surface area contributed by atoms with E-state index in [1.807, 2.05) is 0 Å². The number of sulfonamides is 1. The molecule has 1 saturated heterocycles. The lowest BCUT2D eigenvalue weighted by Gasteiger charge is -2.23. The summed E-state index contributed by atoms with van der Waals surface area (Å²) in [5.74, 6) is 0. The number of rotatable bonds is 5. The minimum Gasteiger partial charge on any atom is -0.334 e. The molecule has 1 atom stereocenters. The molecule has 7 nitrogen and oxygen atoms in total. The molecule has 2 N–H and O–H groups in total. The Kier molecular flexibility index (Phi) is 6.69. The lowest BCUT2D eigenvalue weighted by atomic mass is 9.96. The van der Waals surface area contributed by atoms with Crippen LogP contribution < -0.4 is 10.8 Å². The van der Waals surface area contributed by atoms with Crippen LogP contribution in [0.25, 0.3) is 0 Å². The fraction of sp³-hybridized carbons (Fsp3) is 0.611. The van der Waals surface area contributed by atoms with Gasteiger partial charge in [-0.2, -0.15) is 17.5 Å². The van der Waals surface area contributed by atoms with Crippen LogP contribution in [0.3, 0.4) is 0 Å². The zero-order valence-corrected chi connectivity index (χ0v) is 16.6. The molecule has 0 unspecified atom stereocenters. The minimum atomic E-state index is -4.63. The first-order valence-electron chi connectivity index (χ1n) is 9.56. The molecule has 29 heavy (non-hydrogen) atoms. The molecule has 162 valence electrons. The van der Waals surface area contributed by atoms with Gasteiger partial charge in [-0.15, -0.1) is 0 Å². The van der Waals surface area contributed by atoms with Crippen molar-refractivity contribution in [1.82, 2.24) is 15.1 Å². The molecule has 2 aliphatic rings. The molecular formula is C18H24F3N3O4S. The van der Waals surface area contributed by atoms with Crippen LogP contribution in [-0.2, 0) is 21.0 Å². The fourth-order valence-corrected chi connectivity index (χ4v) is 5.13. The van der Waals surface area contributed by atoms with E-state index in [4.69, 9.17) is 4.84 Å². The largest absolute Gasteiger partial charge is 0.416 e. The van der Waals surface area contributed by atoms with Crippen molar-refractivity contribution in [2.24, 2.45) is 0 Å². The Balaban J connectivity index is 1.54. The Morgan fingerprint density at radius 2 is 1.86 bits per heavy atom. The molecule has 0 bridgehead atoms. The summed E-state index contributed by atoms with van der Waals surface area (Å²) in [5.41, 5.74) is 1.27. The van der Waals surface area contributed by atoms with Crippen LogP contribution >= 0.6 is 0 Å². The van der Waals surface area contributed by atoms with Crippen molar-refractivity contribution in [1.29, 1.82) is 0 Å². The number of halogens is 3. The van der Waals surface area contributed by atoms with Crippen LogP contribution in [-0.4, -0.2) is 44.0 Å². The Bertz CT molecular complexity index is 826. The molecule has 0 spiro atoms. The summed E-state index contributed by atoms with van der Waals surface area (Å²) >= 11 is 0. The van der Waals surface area contributed by atoms with Gasteiger partial charge in [-0.25, -0.2) is 18.7 Å². The number of alkyl halides is 3. The standard InChI is InChI=1S/C18H24F3N3O4S/c19-18(20,21)13-5-4-8-16(11-13)29(26,27)24-10-9-15(12-24)28-23-17(25)22-14-6-2-1-3-7-14/h4-5,8,11,14-15H,1-3,6-7,9-10,12H2,(H2,22,23,25)/t15-/m1/s1. The second-order valence-electron chi connectivity index (χ2n) is 7.33. The molecule has 0 aromatic heterocycles. The maximum absolute atomic E-state index is 12.9. The van der Waals surface area contributed by atoms with Crippen molar-refractivity contribution in [3.05, 3.63) is 29.8 Å². The SMILES string of the molecule is O=C(NO[C@@H]1CCN(S(=O)(=O)c2cccc(C(F)(F)F)c2)C1)NC1CCCCC1. The van der Waals surface area contributed by atoms with Crippen LogP contribution in [0.4, 0.5) is 18.0 Å². The highest BCUT2D eigenvalue weighted by Crippen LogP contribution is 2.31. The molecule has 1 aliphatic carbocycles. The number of hydroxylamine groups is 1. The van der Waals surface area contributed by atoms with Gasteiger partial charge >= 0.3 is 12.2 Å². The number of amides is 2. The lowest BCUT2D eigenvalue weighted by molar-refractivity contribution is -0.137. The number of carbonyl (C=O) groups is 1. The van der Waals surface area contributed by atoms with E-state index in [2.05, 4.69) is 10.8 Å². The average molecular weight is 435 g/mol. The Hall–Kier alpha value is -1.85. The molecule has 1 saturated carbocycles. The van der Waals surface area contributed by atoms with E-state index in [0.717, 1.165) is 54.6 Å². The van der Waals surface area contributed by atoms with E-state index in [-0.39, 0.29) is 19.1 Å². The maximum atomic E-state index is 12.9. The highest BCUT2D eigenvalue weighted by atomic mass is 32.2. The summed E-state index contributed by atoms with van der Waals surface area (Å²) in [4.78, 5) is 16.8. The van der Waals surface area contributed by atoms with E-state index >= 15 is 0 Å². The number of benzene rings is 1. The number of hydrogen-bond donors (Lipinski definition) is 2. The Morgan fingerprint density at radius 1 is 1.14 bits per heavy atom. The highest BCUT2D eigenvalue weighted by Gasteiger charge is 2.36. The van der Waals surface area contributed by atoms with Crippen LogP contribution in [0, 0.1) is 0 Å². The third-order valence-corrected chi connectivity index (χ3v) is 7.03. The molecule has 0 radical (unpaired) electrons. The van der Waals surface area contributed by atoms with E-state index in [0.29, 0.717) is 12.5 Å². The van der Waals surface area contributed by atoms with Gasteiger partial charge in [-0.05, 0) is 37.5 Å². The Labute approximate surface area is 167 Å². The van der Waals surface area contributed by atoms with Crippen molar-refractivity contribution >= 4 is 16.1 Å². The predicted octanol–water partition coefficient (Wildman–Crippen LogP) is 3.03. The van der Waals surface area contributed by atoms with Gasteiger partial charge < -0.3 is 5.32 Å². The first kappa shape index (κ1) is 21.8.